The first-order valence-electron chi connectivity index (χ1n) is 7.50. The Morgan fingerprint density at radius 2 is 1.72 bits per heavy atom. The quantitative estimate of drug-likeness (QED) is 0.798. The summed E-state index contributed by atoms with van der Waals surface area (Å²) in [6, 6.07) is 12.2. The predicted molar refractivity (Wildman–Crippen MR) is 96.8 cm³/mol. The van der Waals surface area contributed by atoms with E-state index in [0.717, 1.165) is 16.1 Å². The molecule has 0 aromatic heterocycles. The molecule has 0 aliphatic heterocycles. The molecule has 1 amide bonds. The third-order valence-electron chi connectivity index (χ3n) is 3.45. The highest BCUT2D eigenvalue weighted by molar-refractivity contribution is 7.92. The summed E-state index contributed by atoms with van der Waals surface area (Å²) >= 11 is 5.80. The van der Waals surface area contributed by atoms with Gasteiger partial charge in [0.2, 0.25) is 15.9 Å². The number of carbonyl (C=O) groups is 1. The zero-order valence-corrected chi connectivity index (χ0v) is 15.1. The molecule has 0 unspecified atom stereocenters. The van der Waals surface area contributed by atoms with Crippen molar-refractivity contribution in [3.8, 4) is 0 Å². The van der Waals surface area contributed by atoms with Gasteiger partial charge in [0.05, 0.1) is 11.9 Å². The molecule has 8 heteroatoms. The third-order valence-corrected chi connectivity index (χ3v) is 4.84. The molecule has 0 aliphatic carbocycles. The monoisotopic (exact) mass is 384 g/mol. The van der Waals surface area contributed by atoms with Crippen molar-refractivity contribution < 1.29 is 17.6 Å². The molecule has 0 heterocycles. The molecule has 2 aromatic rings. The van der Waals surface area contributed by atoms with Gasteiger partial charge in [-0.25, -0.2) is 12.8 Å². The van der Waals surface area contributed by atoms with E-state index in [4.69, 9.17) is 11.6 Å². The van der Waals surface area contributed by atoms with Gasteiger partial charge in [0.25, 0.3) is 0 Å². The second-order valence-corrected chi connectivity index (χ2v) is 7.82. The molecule has 0 fully saturated rings. The van der Waals surface area contributed by atoms with Gasteiger partial charge < -0.3 is 5.32 Å². The van der Waals surface area contributed by atoms with Gasteiger partial charge in [-0.15, -0.1) is 0 Å². The van der Waals surface area contributed by atoms with Crippen LogP contribution in [0, 0.1) is 5.82 Å². The summed E-state index contributed by atoms with van der Waals surface area (Å²) in [5.41, 5.74) is 1.24. The number of anilines is 1. The topological polar surface area (TPSA) is 66.5 Å². The Hall–Kier alpha value is -2.12. The lowest BCUT2D eigenvalue weighted by Gasteiger charge is -2.22. The minimum absolute atomic E-state index is 0.320. The van der Waals surface area contributed by atoms with Gasteiger partial charge in [-0.2, -0.15) is 0 Å². The number of benzene rings is 2. The average molecular weight is 385 g/mol. The highest BCUT2D eigenvalue weighted by atomic mass is 35.5. The number of amides is 1. The fraction of sp³-hybridized carbons (Fsp3) is 0.235. The van der Waals surface area contributed by atoms with E-state index >= 15 is 0 Å². The lowest BCUT2D eigenvalue weighted by atomic mass is 10.1. The number of carbonyl (C=O) groups excluding carboxylic acids is 1. The van der Waals surface area contributed by atoms with E-state index in [1.807, 2.05) is 0 Å². The number of hydrogen-bond donors (Lipinski definition) is 1. The number of hydrogen-bond acceptors (Lipinski definition) is 3. The number of nitrogens with zero attached hydrogens (tertiary/aromatic N) is 1. The Morgan fingerprint density at radius 1 is 1.12 bits per heavy atom. The maximum absolute atomic E-state index is 12.8. The first-order chi connectivity index (χ1) is 11.8. The summed E-state index contributed by atoms with van der Waals surface area (Å²) in [6.45, 7) is -0.00737. The third kappa shape index (κ3) is 6.03. The minimum atomic E-state index is -3.62. The second-order valence-electron chi connectivity index (χ2n) is 5.47. The van der Waals surface area contributed by atoms with Gasteiger partial charge in [-0.05, 0) is 48.4 Å². The zero-order chi connectivity index (χ0) is 18.4. The van der Waals surface area contributed by atoms with E-state index in [1.54, 1.807) is 24.3 Å². The van der Waals surface area contributed by atoms with E-state index < -0.39 is 15.9 Å². The van der Waals surface area contributed by atoms with Crippen LogP contribution in [0.15, 0.2) is 48.5 Å². The Bertz CT molecular complexity index is 824. The maximum Gasteiger partial charge on any atom is 0.240 e. The van der Waals surface area contributed by atoms with Crippen LogP contribution in [0.3, 0.4) is 0 Å². The van der Waals surface area contributed by atoms with Crippen molar-refractivity contribution in [2.24, 2.45) is 0 Å². The van der Waals surface area contributed by atoms with Crippen molar-refractivity contribution in [3.05, 3.63) is 64.9 Å². The summed E-state index contributed by atoms with van der Waals surface area (Å²) in [5, 5.41) is 3.14. The summed E-state index contributed by atoms with van der Waals surface area (Å²) < 4.78 is 37.8. The molecule has 0 saturated carbocycles. The van der Waals surface area contributed by atoms with Gasteiger partial charge in [0, 0.05) is 11.6 Å². The molecular weight excluding hydrogens is 367 g/mol. The Kier molecular flexibility index (Phi) is 6.39. The van der Waals surface area contributed by atoms with E-state index in [0.29, 0.717) is 23.7 Å². The van der Waals surface area contributed by atoms with Crippen LogP contribution >= 0.6 is 11.6 Å². The smallest absolute Gasteiger partial charge is 0.240 e. The van der Waals surface area contributed by atoms with Gasteiger partial charge in [-0.3, -0.25) is 9.10 Å². The predicted octanol–water partition coefficient (Wildman–Crippen LogP) is 2.60. The van der Waals surface area contributed by atoms with Gasteiger partial charge >= 0.3 is 0 Å². The molecule has 0 aliphatic rings. The number of rotatable bonds is 7. The standard InChI is InChI=1S/C17H18ClFN2O3S/c1-25(23,24)21(16-8-4-14(18)5-9-16)12-17(22)20-11-10-13-2-6-15(19)7-3-13/h2-9H,10-12H2,1H3,(H,20,22). The van der Waals surface area contributed by atoms with Crippen LogP contribution in [0.5, 0.6) is 0 Å². The second kappa shape index (κ2) is 8.31. The van der Waals surface area contributed by atoms with Crippen LogP contribution in [0.25, 0.3) is 0 Å². The number of sulfonamides is 1. The van der Waals surface area contributed by atoms with Crippen molar-refractivity contribution >= 4 is 33.2 Å². The van der Waals surface area contributed by atoms with Crippen molar-refractivity contribution in [2.45, 2.75) is 6.42 Å². The Labute approximate surface area is 151 Å². The van der Waals surface area contributed by atoms with E-state index in [9.17, 15) is 17.6 Å². The van der Waals surface area contributed by atoms with E-state index in [-0.39, 0.29) is 12.4 Å². The fourth-order valence-corrected chi connectivity index (χ4v) is 3.17. The molecule has 1 N–H and O–H groups in total. The van der Waals surface area contributed by atoms with Gasteiger partial charge in [-0.1, -0.05) is 23.7 Å². The van der Waals surface area contributed by atoms with Crippen LogP contribution in [0.2, 0.25) is 5.02 Å². The SMILES string of the molecule is CS(=O)(=O)N(CC(=O)NCCc1ccc(F)cc1)c1ccc(Cl)cc1. The van der Waals surface area contributed by atoms with Crippen LogP contribution in [-0.4, -0.2) is 33.7 Å². The summed E-state index contributed by atoms with van der Waals surface area (Å²) in [6.07, 6.45) is 1.55. The van der Waals surface area contributed by atoms with E-state index in [2.05, 4.69) is 5.32 Å². The lowest BCUT2D eigenvalue weighted by Crippen LogP contribution is -2.40. The van der Waals surface area contributed by atoms with Crippen molar-refractivity contribution in [2.75, 3.05) is 23.7 Å². The highest BCUT2D eigenvalue weighted by Gasteiger charge is 2.20. The molecule has 5 nitrogen and oxygen atoms in total. The van der Waals surface area contributed by atoms with Crippen LogP contribution in [0.4, 0.5) is 10.1 Å². The molecule has 0 bridgehead atoms. The number of halogens is 2. The van der Waals surface area contributed by atoms with Gasteiger partial charge in [0.15, 0.2) is 0 Å². The first-order valence-corrected chi connectivity index (χ1v) is 9.73. The van der Waals surface area contributed by atoms with Crippen molar-refractivity contribution in [3.63, 3.8) is 0 Å². The Morgan fingerprint density at radius 3 is 2.28 bits per heavy atom. The van der Waals surface area contributed by atoms with Gasteiger partial charge in [0.1, 0.15) is 12.4 Å². The molecule has 134 valence electrons. The van der Waals surface area contributed by atoms with Crippen molar-refractivity contribution in [1.82, 2.24) is 5.32 Å². The minimum Gasteiger partial charge on any atom is -0.354 e. The summed E-state index contributed by atoms with van der Waals surface area (Å²) in [4.78, 5) is 12.1. The summed E-state index contributed by atoms with van der Waals surface area (Å²) in [5.74, 6) is -0.748. The van der Waals surface area contributed by atoms with Crippen LogP contribution in [0.1, 0.15) is 5.56 Å². The largest absolute Gasteiger partial charge is 0.354 e. The normalized spacial score (nSPS) is 11.2. The molecule has 0 saturated heterocycles. The average Bonchev–Trinajstić information content (AvgIpc) is 2.54. The van der Waals surface area contributed by atoms with Crippen molar-refractivity contribution in [1.29, 1.82) is 0 Å². The Balaban J connectivity index is 1.95. The highest BCUT2D eigenvalue weighted by Crippen LogP contribution is 2.20. The molecular formula is C17H18ClFN2O3S. The first kappa shape index (κ1) is 19.2. The summed E-state index contributed by atoms with van der Waals surface area (Å²) in [7, 11) is -3.62. The molecule has 0 spiro atoms. The number of nitrogens with one attached hydrogen (secondary N) is 1. The van der Waals surface area contributed by atoms with E-state index in [1.165, 1.54) is 24.3 Å². The molecule has 0 atom stereocenters. The molecule has 2 aromatic carbocycles. The molecule has 0 radical (unpaired) electrons. The lowest BCUT2D eigenvalue weighted by molar-refractivity contribution is -0.119. The zero-order valence-electron chi connectivity index (χ0n) is 13.6. The van der Waals surface area contributed by atoms with Crippen LogP contribution < -0.4 is 9.62 Å². The molecule has 25 heavy (non-hydrogen) atoms. The maximum atomic E-state index is 12.8. The molecule has 2 rings (SSSR count). The fourth-order valence-electron chi connectivity index (χ4n) is 2.19. The van der Waals surface area contributed by atoms with Crippen LogP contribution in [-0.2, 0) is 21.2 Å².